The van der Waals surface area contributed by atoms with Crippen molar-refractivity contribution < 1.29 is 9.30 Å². The summed E-state index contributed by atoms with van der Waals surface area (Å²) in [7, 11) is 0.775. The van der Waals surface area contributed by atoms with Crippen LogP contribution in [0, 0.1) is 6.92 Å². The van der Waals surface area contributed by atoms with E-state index in [2.05, 4.69) is 92.9 Å². The first kappa shape index (κ1) is 16.5. The van der Waals surface area contributed by atoms with Gasteiger partial charge in [-0.3, -0.25) is 0 Å². The van der Waals surface area contributed by atoms with E-state index in [1.807, 2.05) is 0 Å². The number of benzene rings is 3. The highest BCUT2D eigenvalue weighted by Gasteiger charge is 2.31. The SMILES string of the molecule is Cc1ccc2cccc3c2c1-c1c(c2ccc([Si](C)(C)C)cc2c[n+]1C)O3. The monoisotopic (exact) mass is 370 g/mol. The molecule has 1 aliphatic heterocycles. The van der Waals surface area contributed by atoms with Gasteiger partial charge in [-0.1, -0.05) is 61.2 Å². The van der Waals surface area contributed by atoms with Gasteiger partial charge in [0.2, 0.25) is 5.75 Å². The van der Waals surface area contributed by atoms with Crippen LogP contribution in [-0.4, -0.2) is 8.07 Å². The molecule has 5 rings (SSSR count). The van der Waals surface area contributed by atoms with Crippen molar-refractivity contribution >= 4 is 34.8 Å². The Morgan fingerprint density at radius 3 is 2.52 bits per heavy atom. The lowest BCUT2D eigenvalue weighted by molar-refractivity contribution is -0.659. The van der Waals surface area contributed by atoms with Crippen LogP contribution in [0.3, 0.4) is 0 Å². The Balaban J connectivity index is 1.90. The van der Waals surface area contributed by atoms with E-state index in [1.54, 1.807) is 0 Å². The predicted molar refractivity (Wildman–Crippen MR) is 116 cm³/mol. The zero-order valence-corrected chi connectivity index (χ0v) is 17.6. The summed E-state index contributed by atoms with van der Waals surface area (Å²) in [6.07, 6.45) is 2.26. The Morgan fingerprint density at radius 1 is 0.926 bits per heavy atom. The fourth-order valence-corrected chi connectivity index (χ4v) is 5.42. The van der Waals surface area contributed by atoms with Gasteiger partial charge in [0.05, 0.1) is 13.6 Å². The van der Waals surface area contributed by atoms with Gasteiger partial charge in [-0.05, 0) is 30.0 Å². The average Bonchev–Trinajstić information content (AvgIpc) is 2.63. The minimum Gasteiger partial charge on any atom is -0.449 e. The molecule has 0 N–H and O–H groups in total. The molecular weight excluding hydrogens is 346 g/mol. The molecule has 2 nitrogen and oxygen atoms in total. The molecule has 0 fully saturated rings. The number of ether oxygens (including phenoxy) is 1. The van der Waals surface area contributed by atoms with Gasteiger partial charge in [0.15, 0.2) is 6.20 Å². The van der Waals surface area contributed by atoms with Crippen LogP contribution in [0.1, 0.15) is 5.56 Å². The van der Waals surface area contributed by atoms with Crippen LogP contribution in [0.4, 0.5) is 0 Å². The Kier molecular flexibility index (Phi) is 3.32. The number of hydrogen-bond acceptors (Lipinski definition) is 1. The highest BCUT2D eigenvalue weighted by molar-refractivity contribution is 6.88. The molecule has 0 unspecified atom stereocenters. The number of aromatic nitrogens is 1. The molecule has 27 heavy (non-hydrogen) atoms. The third-order valence-electron chi connectivity index (χ3n) is 5.73. The maximum Gasteiger partial charge on any atom is 0.257 e. The Labute approximate surface area is 161 Å². The fraction of sp³-hybridized carbons (Fsp3) is 0.208. The number of nitrogens with zero attached hydrogens (tertiary/aromatic N) is 1. The number of fused-ring (bicyclic) bond motifs is 4. The Morgan fingerprint density at radius 2 is 1.74 bits per heavy atom. The molecular formula is C24H24NOSi+. The van der Waals surface area contributed by atoms with Crippen molar-refractivity contribution in [2.24, 2.45) is 7.05 Å². The lowest BCUT2D eigenvalue weighted by atomic mass is 9.92. The van der Waals surface area contributed by atoms with Crippen molar-refractivity contribution in [1.82, 2.24) is 0 Å². The van der Waals surface area contributed by atoms with E-state index in [0.717, 1.165) is 11.5 Å². The first-order valence-corrected chi connectivity index (χ1v) is 13.0. The summed E-state index contributed by atoms with van der Waals surface area (Å²) < 4.78 is 8.75. The quantitative estimate of drug-likeness (QED) is 0.283. The second-order valence-corrected chi connectivity index (χ2v) is 13.8. The molecule has 1 aliphatic rings. The largest absolute Gasteiger partial charge is 0.449 e. The van der Waals surface area contributed by atoms with Gasteiger partial charge in [0.1, 0.15) is 12.8 Å². The molecule has 0 saturated heterocycles. The molecule has 0 radical (unpaired) electrons. The number of pyridine rings is 1. The second kappa shape index (κ2) is 5.43. The van der Waals surface area contributed by atoms with E-state index in [-0.39, 0.29) is 0 Å². The van der Waals surface area contributed by atoms with Crippen LogP contribution >= 0.6 is 0 Å². The van der Waals surface area contributed by atoms with Gasteiger partial charge in [-0.2, -0.15) is 4.57 Å². The molecule has 4 aromatic rings. The molecule has 0 aliphatic carbocycles. The van der Waals surface area contributed by atoms with Crippen molar-refractivity contribution in [1.29, 1.82) is 0 Å². The Hall–Kier alpha value is -2.65. The molecule has 3 aromatic carbocycles. The summed E-state index contributed by atoms with van der Waals surface area (Å²) >= 11 is 0. The number of rotatable bonds is 1. The van der Waals surface area contributed by atoms with Crippen LogP contribution in [0.25, 0.3) is 32.8 Å². The topological polar surface area (TPSA) is 13.1 Å². The highest BCUT2D eigenvalue weighted by atomic mass is 28.3. The first-order valence-electron chi connectivity index (χ1n) is 9.52. The highest BCUT2D eigenvalue weighted by Crippen LogP contribution is 2.48. The summed E-state index contributed by atoms with van der Waals surface area (Å²) in [5.41, 5.74) is 3.75. The second-order valence-electron chi connectivity index (χ2n) is 8.68. The zero-order chi connectivity index (χ0) is 18.9. The van der Waals surface area contributed by atoms with Gasteiger partial charge in [-0.25, -0.2) is 0 Å². The fourth-order valence-electron chi connectivity index (χ4n) is 4.25. The van der Waals surface area contributed by atoms with Gasteiger partial charge < -0.3 is 4.74 Å². The van der Waals surface area contributed by atoms with Gasteiger partial charge in [-0.15, -0.1) is 0 Å². The average molecular weight is 371 g/mol. The van der Waals surface area contributed by atoms with Crippen LogP contribution in [0.5, 0.6) is 11.5 Å². The minimum atomic E-state index is -1.36. The lowest BCUT2D eigenvalue weighted by Crippen LogP contribution is -2.38. The van der Waals surface area contributed by atoms with Crippen LogP contribution in [0.15, 0.2) is 54.7 Å². The smallest absolute Gasteiger partial charge is 0.257 e. The third kappa shape index (κ3) is 2.35. The molecule has 1 aromatic heterocycles. The van der Waals surface area contributed by atoms with Crippen molar-refractivity contribution in [2.75, 3.05) is 0 Å². The molecule has 2 heterocycles. The van der Waals surface area contributed by atoms with E-state index < -0.39 is 8.07 Å². The van der Waals surface area contributed by atoms with Gasteiger partial charge in [0, 0.05) is 16.2 Å². The lowest BCUT2D eigenvalue weighted by Gasteiger charge is -2.22. The molecule has 0 atom stereocenters. The summed E-state index contributed by atoms with van der Waals surface area (Å²) in [6, 6.07) is 17.6. The van der Waals surface area contributed by atoms with Crippen LogP contribution in [0.2, 0.25) is 19.6 Å². The van der Waals surface area contributed by atoms with E-state index in [1.165, 1.54) is 43.6 Å². The number of aryl methyl sites for hydroxylation is 2. The normalized spacial score (nSPS) is 12.9. The van der Waals surface area contributed by atoms with Crippen molar-refractivity contribution in [3.63, 3.8) is 0 Å². The van der Waals surface area contributed by atoms with Gasteiger partial charge in [0.25, 0.3) is 5.69 Å². The molecule has 3 heteroatoms. The molecule has 134 valence electrons. The molecule has 0 spiro atoms. The third-order valence-corrected chi connectivity index (χ3v) is 7.77. The van der Waals surface area contributed by atoms with Crippen LogP contribution < -0.4 is 14.5 Å². The molecule has 0 bridgehead atoms. The van der Waals surface area contributed by atoms with Crippen molar-refractivity contribution in [2.45, 2.75) is 26.6 Å². The maximum atomic E-state index is 6.51. The molecule has 0 amide bonds. The molecule has 0 saturated carbocycles. The summed E-state index contributed by atoms with van der Waals surface area (Å²) in [6.45, 7) is 9.37. The zero-order valence-electron chi connectivity index (χ0n) is 16.6. The summed E-state index contributed by atoms with van der Waals surface area (Å²) in [4.78, 5) is 0. The van der Waals surface area contributed by atoms with E-state index in [0.29, 0.717) is 0 Å². The first-order chi connectivity index (χ1) is 12.8. The maximum absolute atomic E-state index is 6.51. The predicted octanol–water partition coefficient (Wildman–Crippen LogP) is 5.44. The minimum absolute atomic E-state index is 0.959. The van der Waals surface area contributed by atoms with E-state index in [4.69, 9.17) is 4.74 Å². The standard InChI is InChI=1S/C24H24NOSi/c1-15-9-10-16-7-6-8-20-22(16)21(15)23-24(26-20)19-12-11-18(27(3,4)5)13-17(19)14-25(23)2/h6-14H,1-5H3/q+1. The van der Waals surface area contributed by atoms with Gasteiger partial charge >= 0.3 is 0 Å². The van der Waals surface area contributed by atoms with E-state index >= 15 is 0 Å². The van der Waals surface area contributed by atoms with Crippen molar-refractivity contribution in [3.8, 4) is 22.8 Å². The summed E-state index contributed by atoms with van der Waals surface area (Å²) in [5.74, 6) is 1.94. The van der Waals surface area contributed by atoms with E-state index in [9.17, 15) is 0 Å². The summed E-state index contributed by atoms with van der Waals surface area (Å²) in [5, 5.41) is 6.37. The van der Waals surface area contributed by atoms with Crippen LogP contribution in [-0.2, 0) is 7.05 Å². The van der Waals surface area contributed by atoms with Crippen molar-refractivity contribution in [3.05, 3.63) is 60.3 Å². The number of hydrogen-bond donors (Lipinski definition) is 0. The Bertz CT molecular complexity index is 1250.